The van der Waals surface area contributed by atoms with Crippen molar-refractivity contribution in [1.82, 2.24) is 4.57 Å². The second-order valence-electron chi connectivity index (χ2n) is 3.83. The quantitative estimate of drug-likeness (QED) is 0.754. The molecule has 1 nitrogen and oxygen atoms in total. The molecule has 0 bridgehead atoms. The topological polar surface area (TPSA) is 4.93 Å². The Balaban J connectivity index is 3.13. The standard InChI is InChI=1S/C11H18BrN/c1-5-6-13-9(4)7-10(12)11(13)8(2)3/h7-8H,5-6H2,1-4H3. The molecule has 0 aliphatic carbocycles. The van der Waals surface area contributed by atoms with E-state index < -0.39 is 0 Å². The molecule has 1 heterocycles. The summed E-state index contributed by atoms with van der Waals surface area (Å²) in [5.41, 5.74) is 2.79. The molecule has 0 atom stereocenters. The molecule has 1 rings (SSSR count). The van der Waals surface area contributed by atoms with E-state index in [0.29, 0.717) is 5.92 Å². The first-order chi connectivity index (χ1) is 6.07. The highest BCUT2D eigenvalue weighted by Gasteiger charge is 2.12. The molecule has 0 spiro atoms. The highest BCUT2D eigenvalue weighted by molar-refractivity contribution is 9.10. The monoisotopic (exact) mass is 243 g/mol. The van der Waals surface area contributed by atoms with Gasteiger partial charge in [-0.15, -0.1) is 0 Å². The van der Waals surface area contributed by atoms with Gasteiger partial charge in [-0.2, -0.15) is 0 Å². The second kappa shape index (κ2) is 4.32. The lowest BCUT2D eigenvalue weighted by atomic mass is 10.1. The fourth-order valence-electron chi connectivity index (χ4n) is 1.76. The summed E-state index contributed by atoms with van der Waals surface area (Å²) < 4.78 is 3.67. The van der Waals surface area contributed by atoms with Gasteiger partial charge in [0.25, 0.3) is 0 Å². The van der Waals surface area contributed by atoms with Crippen molar-refractivity contribution in [3.63, 3.8) is 0 Å². The van der Waals surface area contributed by atoms with Crippen molar-refractivity contribution in [2.75, 3.05) is 0 Å². The predicted molar refractivity (Wildman–Crippen MR) is 61.2 cm³/mol. The van der Waals surface area contributed by atoms with Crippen LogP contribution in [-0.2, 0) is 6.54 Å². The summed E-state index contributed by atoms with van der Waals surface area (Å²) in [7, 11) is 0. The number of hydrogen-bond donors (Lipinski definition) is 0. The van der Waals surface area contributed by atoms with Crippen LogP contribution in [0.25, 0.3) is 0 Å². The number of halogens is 1. The van der Waals surface area contributed by atoms with Crippen LogP contribution in [0.4, 0.5) is 0 Å². The fraction of sp³-hybridized carbons (Fsp3) is 0.636. The third-order valence-corrected chi connectivity index (χ3v) is 2.93. The Labute approximate surface area is 89.3 Å². The molecule has 0 aliphatic rings. The lowest BCUT2D eigenvalue weighted by molar-refractivity contribution is 0.609. The van der Waals surface area contributed by atoms with Crippen molar-refractivity contribution in [2.45, 2.75) is 46.6 Å². The number of aryl methyl sites for hydroxylation is 1. The van der Waals surface area contributed by atoms with Gasteiger partial charge in [-0.3, -0.25) is 0 Å². The maximum Gasteiger partial charge on any atom is 0.0390 e. The Hall–Kier alpha value is -0.240. The molecule has 74 valence electrons. The van der Waals surface area contributed by atoms with Crippen LogP contribution < -0.4 is 0 Å². The Bertz CT molecular complexity index is 287. The Morgan fingerprint density at radius 2 is 2.08 bits per heavy atom. The molecule has 0 saturated heterocycles. The van der Waals surface area contributed by atoms with E-state index in [1.54, 1.807) is 0 Å². The summed E-state index contributed by atoms with van der Waals surface area (Å²) in [6, 6.07) is 2.21. The molecule has 1 aromatic heterocycles. The minimum absolute atomic E-state index is 0.592. The van der Waals surface area contributed by atoms with Crippen LogP contribution in [0.3, 0.4) is 0 Å². The van der Waals surface area contributed by atoms with Crippen molar-refractivity contribution in [3.8, 4) is 0 Å². The highest BCUT2D eigenvalue weighted by Crippen LogP contribution is 2.28. The van der Waals surface area contributed by atoms with E-state index in [1.165, 1.54) is 22.3 Å². The molecule has 0 unspecified atom stereocenters. The molecule has 0 N–H and O–H groups in total. The van der Waals surface area contributed by atoms with Crippen LogP contribution in [-0.4, -0.2) is 4.57 Å². The summed E-state index contributed by atoms with van der Waals surface area (Å²) in [4.78, 5) is 0. The number of aromatic nitrogens is 1. The van der Waals surface area contributed by atoms with E-state index in [4.69, 9.17) is 0 Å². The minimum Gasteiger partial charge on any atom is -0.348 e. The summed E-state index contributed by atoms with van der Waals surface area (Å²) >= 11 is 3.62. The van der Waals surface area contributed by atoms with E-state index in [1.807, 2.05) is 0 Å². The van der Waals surface area contributed by atoms with E-state index >= 15 is 0 Å². The van der Waals surface area contributed by atoms with Crippen molar-refractivity contribution in [1.29, 1.82) is 0 Å². The van der Waals surface area contributed by atoms with Crippen molar-refractivity contribution in [3.05, 3.63) is 21.9 Å². The van der Waals surface area contributed by atoms with Gasteiger partial charge < -0.3 is 4.57 Å². The van der Waals surface area contributed by atoms with Crippen LogP contribution in [0.5, 0.6) is 0 Å². The SMILES string of the molecule is CCCn1c(C)cc(Br)c1C(C)C. The smallest absolute Gasteiger partial charge is 0.0390 e. The normalized spacial score (nSPS) is 11.2. The largest absolute Gasteiger partial charge is 0.348 e. The molecule has 0 amide bonds. The number of rotatable bonds is 3. The Morgan fingerprint density at radius 1 is 1.46 bits per heavy atom. The summed E-state index contributed by atoms with van der Waals surface area (Å²) in [6.45, 7) is 10.0. The van der Waals surface area contributed by atoms with Crippen LogP contribution in [0.15, 0.2) is 10.5 Å². The van der Waals surface area contributed by atoms with Gasteiger partial charge in [0.15, 0.2) is 0 Å². The van der Waals surface area contributed by atoms with Crippen LogP contribution in [0.1, 0.15) is 44.5 Å². The van der Waals surface area contributed by atoms with E-state index in [0.717, 1.165) is 6.54 Å². The average molecular weight is 244 g/mol. The van der Waals surface area contributed by atoms with Crippen molar-refractivity contribution >= 4 is 15.9 Å². The van der Waals surface area contributed by atoms with Gasteiger partial charge in [0.1, 0.15) is 0 Å². The molecular weight excluding hydrogens is 226 g/mol. The van der Waals surface area contributed by atoms with Crippen molar-refractivity contribution < 1.29 is 0 Å². The third-order valence-electron chi connectivity index (χ3n) is 2.29. The first-order valence-electron chi connectivity index (χ1n) is 4.93. The Morgan fingerprint density at radius 3 is 2.54 bits per heavy atom. The molecule has 0 aliphatic heterocycles. The number of hydrogen-bond acceptors (Lipinski definition) is 0. The summed E-state index contributed by atoms with van der Waals surface area (Å²) in [5.74, 6) is 0.592. The van der Waals surface area contributed by atoms with Gasteiger partial charge in [-0.1, -0.05) is 20.8 Å². The van der Waals surface area contributed by atoms with Crippen molar-refractivity contribution in [2.24, 2.45) is 0 Å². The zero-order valence-electron chi connectivity index (χ0n) is 8.89. The van der Waals surface area contributed by atoms with E-state index in [2.05, 4.69) is 54.3 Å². The molecule has 0 fully saturated rings. The van der Waals surface area contributed by atoms with Gasteiger partial charge in [0.05, 0.1) is 0 Å². The molecular formula is C11H18BrN. The van der Waals surface area contributed by atoms with E-state index in [9.17, 15) is 0 Å². The Kier molecular flexibility index (Phi) is 3.60. The lowest BCUT2D eigenvalue weighted by Gasteiger charge is -2.13. The van der Waals surface area contributed by atoms with Crippen LogP contribution in [0, 0.1) is 6.92 Å². The first kappa shape index (κ1) is 10.8. The third kappa shape index (κ3) is 2.16. The van der Waals surface area contributed by atoms with Crippen LogP contribution in [0.2, 0.25) is 0 Å². The lowest BCUT2D eigenvalue weighted by Crippen LogP contribution is -2.05. The molecule has 0 aromatic carbocycles. The maximum absolute atomic E-state index is 3.62. The molecule has 0 radical (unpaired) electrons. The van der Waals surface area contributed by atoms with E-state index in [-0.39, 0.29) is 0 Å². The molecule has 2 heteroatoms. The van der Waals surface area contributed by atoms with Gasteiger partial charge in [0.2, 0.25) is 0 Å². The fourth-order valence-corrected chi connectivity index (χ4v) is 2.77. The highest BCUT2D eigenvalue weighted by atomic mass is 79.9. The van der Waals surface area contributed by atoms with Gasteiger partial charge in [-0.05, 0) is 41.3 Å². The summed E-state index contributed by atoms with van der Waals surface area (Å²) in [6.07, 6.45) is 1.20. The zero-order chi connectivity index (χ0) is 10.0. The van der Waals surface area contributed by atoms with Crippen LogP contribution >= 0.6 is 15.9 Å². The second-order valence-corrected chi connectivity index (χ2v) is 4.68. The van der Waals surface area contributed by atoms with Gasteiger partial charge in [-0.25, -0.2) is 0 Å². The number of nitrogens with zero attached hydrogens (tertiary/aromatic N) is 1. The zero-order valence-corrected chi connectivity index (χ0v) is 10.5. The van der Waals surface area contributed by atoms with Gasteiger partial charge >= 0.3 is 0 Å². The molecule has 13 heavy (non-hydrogen) atoms. The molecule has 0 saturated carbocycles. The minimum atomic E-state index is 0.592. The maximum atomic E-state index is 3.62. The molecule has 1 aromatic rings. The van der Waals surface area contributed by atoms with Gasteiger partial charge in [0, 0.05) is 22.4 Å². The predicted octanol–water partition coefficient (Wildman–Crippen LogP) is 4.09. The average Bonchev–Trinajstić information content (AvgIpc) is 2.27. The summed E-state index contributed by atoms with van der Waals surface area (Å²) in [5, 5.41) is 0. The first-order valence-corrected chi connectivity index (χ1v) is 5.72.